The van der Waals surface area contributed by atoms with Gasteiger partial charge in [-0.2, -0.15) is 8.42 Å². The first-order valence-corrected chi connectivity index (χ1v) is 19.9. The molecule has 0 aliphatic rings. The summed E-state index contributed by atoms with van der Waals surface area (Å²) in [4.78, 5) is 12.5. The topological polar surface area (TPSA) is 124 Å². The van der Waals surface area contributed by atoms with Crippen LogP contribution in [-0.2, 0) is 14.9 Å². The van der Waals surface area contributed by atoms with Crippen LogP contribution in [0, 0.1) is 0 Å². The first kappa shape index (κ1) is 42.3. The predicted octanol–water partition coefficient (Wildman–Crippen LogP) is 9.04. The molecular weight excluding hydrogens is 562 g/mol. The van der Waals surface area contributed by atoms with Crippen molar-refractivity contribution in [1.82, 2.24) is 5.32 Å². The van der Waals surface area contributed by atoms with E-state index in [0.29, 0.717) is 12.8 Å². The van der Waals surface area contributed by atoms with Crippen LogP contribution in [0.5, 0.6) is 0 Å². The number of nitrogens with one attached hydrogen (secondary N) is 1. The minimum atomic E-state index is -4.39. The first-order chi connectivity index (χ1) is 20.7. The third-order valence-corrected chi connectivity index (χ3v) is 9.45. The molecule has 43 heavy (non-hydrogen) atoms. The van der Waals surface area contributed by atoms with Gasteiger partial charge in [-0.05, 0) is 12.8 Å². The molecule has 0 saturated carbocycles. The lowest BCUT2D eigenvalue weighted by Crippen LogP contribution is -2.50. The van der Waals surface area contributed by atoms with Crippen LogP contribution in [0.3, 0.4) is 0 Å². The van der Waals surface area contributed by atoms with Crippen molar-refractivity contribution in [2.45, 2.75) is 212 Å². The van der Waals surface area contributed by atoms with Crippen molar-refractivity contribution in [3.63, 3.8) is 0 Å². The Hall–Kier alpha value is -0.700. The van der Waals surface area contributed by atoms with Gasteiger partial charge < -0.3 is 15.5 Å². The van der Waals surface area contributed by atoms with Crippen LogP contribution in [0.4, 0.5) is 0 Å². The third-order valence-electron chi connectivity index (χ3n) is 8.67. The Morgan fingerprint density at radius 3 is 1.16 bits per heavy atom. The van der Waals surface area contributed by atoms with Gasteiger partial charge in [-0.3, -0.25) is 9.35 Å². The summed E-state index contributed by atoms with van der Waals surface area (Å²) in [5.41, 5.74) is 0. The van der Waals surface area contributed by atoms with E-state index < -0.39 is 40.0 Å². The summed E-state index contributed by atoms with van der Waals surface area (Å²) in [5.74, 6) is -1.44. The number of carbonyl (C=O) groups is 1. The molecule has 0 aromatic heterocycles. The van der Waals surface area contributed by atoms with Gasteiger partial charge in [-0.15, -0.1) is 0 Å². The number of amides is 1. The van der Waals surface area contributed by atoms with Crippen molar-refractivity contribution in [3.8, 4) is 0 Å². The van der Waals surface area contributed by atoms with E-state index in [4.69, 9.17) is 0 Å². The summed E-state index contributed by atoms with van der Waals surface area (Å²) in [5, 5.41) is 23.4. The average Bonchev–Trinajstić information content (AvgIpc) is 2.96. The lowest BCUT2D eigenvalue weighted by atomic mass is 10.0. The normalized spacial score (nSPS) is 14.1. The van der Waals surface area contributed by atoms with Crippen molar-refractivity contribution in [1.29, 1.82) is 0 Å². The van der Waals surface area contributed by atoms with Crippen molar-refractivity contribution >= 4 is 16.0 Å². The second kappa shape index (κ2) is 30.0. The molecule has 0 aliphatic heterocycles. The molecule has 0 aromatic rings. The molecule has 1 amide bonds. The van der Waals surface area contributed by atoms with Gasteiger partial charge in [0.05, 0.1) is 17.9 Å². The summed E-state index contributed by atoms with van der Waals surface area (Å²) < 4.78 is 32.3. The Morgan fingerprint density at radius 2 is 0.837 bits per heavy atom. The molecule has 0 spiro atoms. The summed E-state index contributed by atoms with van der Waals surface area (Å²) >= 11 is 0. The molecule has 0 bridgehead atoms. The molecule has 258 valence electrons. The van der Waals surface area contributed by atoms with Gasteiger partial charge in [0.1, 0.15) is 6.10 Å². The fourth-order valence-electron chi connectivity index (χ4n) is 5.81. The minimum absolute atomic E-state index is 0.303. The van der Waals surface area contributed by atoms with E-state index in [1.807, 2.05) is 0 Å². The fraction of sp³-hybridized carbons (Fsp3) is 0.971. The smallest absolute Gasteiger partial charge is 0.266 e. The molecule has 0 aromatic carbocycles. The zero-order valence-electron chi connectivity index (χ0n) is 28.2. The number of rotatable bonds is 33. The van der Waals surface area contributed by atoms with E-state index in [1.54, 1.807) is 0 Å². The molecular formula is C35H71NO6S. The summed E-state index contributed by atoms with van der Waals surface area (Å²) in [6.45, 7) is 4.46. The van der Waals surface area contributed by atoms with E-state index in [1.165, 1.54) is 122 Å². The minimum Gasteiger partial charge on any atom is -0.391 e. The number of hydrogen-bond donors (Lipinski definition) is 4. The third kappa shape index (κ3) is 29.8. The largest absolute Gasteiger partial charge is 0.391 e. The molecule has 7 nitrogen and oxygen atoms in total. The Labute approximate surface area is 266 Å². The molecule has 0 saturated heterocycles. The zero-order valence-corrected chi connectivity index (χ0v) is 29.0. The highest BCUT2D eigenvalue weighted by Crippen LogP contribution is 2.16. The van der Waals surface area contributed by atoms with Crippen molar-refractivity contribution < 1.29 is 28.0 Å². The van der Waals surface area contributed by atoms with Crippen molar-refractivity contribution in [2.24, 2.45) is 0 Å². The van der Waals surface area contributed by atoms with Crippen LogP contribution in [-0.4, -0.2) is 53.1 Å². The van der Waals surface area contributed by atoms with Crippen LogP contribution >= 0.6 is 0 Å². The lowest BCUT2D eigenvalue weighted by molar-refractivity contribution is -0.131. The predicted molar refractivity (Wildman–Crippen MR) is 181 cm³/mol. The van der Waals surface area contributed by atoms with Crippen LogP contribution in [0.1, 0.15) is 194 Å². The molecule has 4 N–H and O–H groups in total. The number of aliphatic hydroxyl groups is 2. The van der Waals surface area contributed by atoms with Gasteiger partial charge >= 0.3 is 0 Å². The van der Waals surface area contributed by atoms with E-state index in [2.05, 4.69) is 19.2 Å². The molecule has 0 fully saturated rings. The highest BCUT2D eigenvalue weighted by atomic mass is 32.2. The maximum absolute atomic E-state index is 12.5. The number of aliphatic hydroxyl groups excluding tert-OH is 2. The summed E-state index contributed by atoms with van der Waals surface area (Å²) in [7, 11) is -4.39. The molecule has 3 unspecified atom stereocenters. The van der Waals surface area contributed by atoms with Crippen LogP contribution in [0.2, 0.25) is 0 Å². The Balaban J connectivity index is 3.95. The highest BCUT2D eigenvalue weighted by Gasteiger charge is 2.28. The fourth-order valence-corrected chi connectivity index (χ4v) is 6.57. The number of unbranched alkanes of at least 4 members (excludes halogenated alkanes) is 24. The molecule has 0 rings (SSSR count). The Bertz CT molecular complexity index is 717. The average molecular weight is 634 g/mol. The van der Waals surface area contributed by atoms with Gasteiger partial charge in [-0.1, -0.05) is 181 Å². The van der Waals surface area contributed by atoms with Crippen molar-refractivity contribution in [2.75, 3.05) is 5.75 Å². The lowest BCUT2D eigenvalue weighted by Gasteiger charge is -2.24. The van der Waals surface area contributed by atoms with E-state index in [0.717, 1.165) is 44.9 Å². The van der Waals surface area contributed by atoms with Crippen LogP contribution in [0.15, 0.2) is 0 Å². The van der Waals surface area contributed by atoms with Gasteiger partial charge in [0, 0.05) is 0 Å². The quantitative estimate of drug-likeness (QED) is 0.0422. The summed E-state index contributed by atoms with van der Waals surface area (Å²) in [6.07, 6.45) is 29.9. The Kier molecular flexibility index (Phi) is 29.5. The second-order valence-corrected chi connectivity index (χ2v) is 14.5. The van der Waals surface area contributed by atoms with Gasteiger partial charge in [0.25, 0.3) is 10.1 Å². The van der Waals surface area contributed by atoms with E-state index in [-0.39, 0.29) is 0 Å². The molecule has 0 radical (unpaired) electrons. The monoisotopic (exact) mass is 634 g/mol. The SMILES string of the molecule is CCCCCCCCCCCCCCCCCCCC(O)C(=O)NC(CS(=O)(=O)O)C(O)CCCCCCCCCCC. The van der Waals surface area contributed by atoms with Gasteiger partial charge in [0.15, 0.2) is 0 Å². The van der Waals surface area contributed by atoms with Crippen LogP contribution in [0.25, 0.3) is 0 Å². The van der Waals surface area contributed by atoms with Crippen LogP contribution < -0.4 is 5.32 Å². The number of carbonyl (C=O) groups excluding carboxylic acids is 1. The van der Waals surface area contributed by atoms with Gasteiger partial charge in [0.2, 0.25) is 5.91 Å². The van der Waals surface area contributed by atoms with Crippen molar-refractivity contribution in [3.05, 3.63) is 0 Å². The molecule has 0 aliphatic carbocycles. The molecule has 3 atom stereocenters. The first-order valence-electron chi connectivity index (χ1n) is 18.3. The standard InChI is InChI=1S/C35H71NO6S/c1-3-5-7-9-11-13-14-15-16-17-18-19-20-22-24-26-28-30-34(38)35(39)36-32(31-43(40,41)42)33(37)29-27-25-23-21-12-10-8-6-4-2/h32-34,37-38H,3-31H2,1-2H3,(H,36,39)(H,40,41,42). The molecule has 8 heteroatoms. The molecule has 0 heterocycles. The summed E-state index contributed by atoms with van der Waals surface area (Å²) in [6, 6.07) is -1.14. The second-order valence-electron chi connectivity index (χ2n) is 13.0. The zero-order chi connectivity index (χ0) is 32.0. The maximum Gasteiger partial charge on any atom is 0.266 e. The number of hydrogen-bond acceptors (Lipinski definition) is 5. The van der Waals surface area contributed by atoms with E-state index >= 15 is 0 Å². The van der Waals surface area contributed by atoms with Gasteiger partial charge in [-0.25, -0.2) is 0 Å². The van der Waals surface area contributed by atoms with E-state index in [9.17, 15) is 28.0 Å². The Morgan fingerprint density at radius 1 is 0.535 bits per heavy atom. The highest BCUT2D eigenvalue weighted by molar-refractivity contribution is 7.85. The maximum atomic E-state index is 12.5.